The second-order valence-corrected chi connectivity index (χ2v) is 7.30. The second-order valence-electron chi connectivity index (χ2n) is 7.30. The van der Waals surface area contributed by atoms with Crippen LogP contribution in [0.1, 0.15) is 44.9 Å². The molecule has 3 fully saturated rings. The number of hydrogen-bond donors (Lipinski definition) is 0. The Balaban J connectivity index is 1.61. The molecule has 0 bridgehead atoms. The summed E-state index contributed by atoms with van der Waals surface area (Å²) in [7, 11) is 1.85. The monoisotopic (exact) mass is 321 g/mol. The van der Waals surface area contributed by atoms with Gasteiger partial charge in [-0.3, -0.25) is 14.4 Å². The van der Waals surface area contributed by atoms with Crippen molar-refractivity contribution in [3.8, 4) is 0 Å². The molecule has 3 saturated heterocycles. The van der Waals surface area contributed by atoms with E-state index in [1.807, 2.05) is 7.05 Å². The van der Waals surface area contributed by atoms with Crippen LogP contribution in [0.3, 0.4) is 0 Å². The molecule has 3 amide bonds. The molecule has 0 saturated carbocycles. The molecule has 1 unspecified atom stereocenters. The normalized spacial score (nSPS) is 29.3. The number of carbonyl (C=O) groups is 3. The topological polar surface area (TPSA) is 60.9 Å². The Morgan fingerprint density at radius 3 is 2.70 bits per heavy atom. The average molecular weight is 321 g/mol. The van der Waals surface area contributed by atoms with Crippen molar-refractivity contribution in [3.63, 3.8) is 0 Å². The summed E-state index contributed by atoms with van der Waals surface area (Å²) in [6.45, 7) is 2.85. The van der Waals surface area contributed by atoms with Crippen LogP contribution in [0.15, 0.2) is 0 Å². The van der Waals surface area contributed by atoms with Gasteiger partial charge in [0.1, 0.15) is 0 Å². The summed E-state index contributed by atoms with van der Waals surface area (Å²) >= 11 is 0. The van der Waals surface area contributed by atoms with Crippen molar-refractivity contribution in [2.24, 2.45) is 5.41 Å². The standard InChI is InChI=1S/C17H27N3O3/c1-18-9-5-7-17(16(18)23)8-11-20(13-17)15(22)12-19-10-4-2-3-6-14(19)21/h2-13H2,1H3. The minimum absolute atomic E-state index is 0.00171. The zero-order valence-electron chi connectivity index (χ0n) is 14.1. The first-order valence-corrected chi connectivity index (χ1v) is 8.83. The van der Waals surface area contributed by atoms with Crippen LogP contribution in [-0.2, 0) is 14.4 Å². The maximum Gasteiger partial charge on any atom is 0.242 e. The highest BCUT2D eigenvalue weighted by atomic mass is 16.2. The van der Waals surface area contributed by atoms with E-state index in [0.717, 1.165) is 45.1 Å². The summed E-state index contributed by atoms with van der Waals surface area (Å²) in [5, 5.41) is 0. The molecule has 3 heterocycles. The van der Waals surface area contributed by atoms with Crippen LogP contribution in [0.4, 0.5) is 0 Å². The Kier molecular flexibility index (Phi) is 4.60. The molecule has 3 aliphatic heterocycles. The molecule has 23 heavy (non-hydrogen) atoms. The van der Waals surface area contributed by atoms with Gasteiger partial charge in [-0.2, -0.15) is 0 Å². The minimum atomic E-state index is -0.370. The van der Waals surface area contributed by atoms with E-state index in [1.54, 1.807) is 14.7 Å². The highest BCUT2D eigenvalue weighted by Crippen LogP contribution is 2.39. The molecule has 3 rings (SSSR count). The average Bonchev–Trinajstić information content (AvgIpc) is 2.86. The van der Waals surface area contributed by atoms with E-state index >= 15 is 0 Å². The van der Waals surface area contributed by atoms with Crippen molar-refractivity contribution in [3.05, 3.63) is 0 Å². The number of rotatable bonds is 2. The third kappa shape index (κ3) is 3.21. The van der Waals surface area contributed by atoms with Gasteiger partial charge in [0.2, 0.25) is 17.7 Å². The van der Waals surface area contributed by atoms with Gasteiger partial charge in [0.15, 0.2) is 0 Å². The van der Waals surface area contributed by atoms with Crippen molar-refractivity contribution in [1.82, 2.24) is 14.7 Å². The molecule has 0 N–H and O–H groups in total. The van der Waals surface area contributed by atoms with Gasteiger partial charge < -0.3 is 14.7 Å². The molecule has 0 aromatic rings. The Bertz CT molecular complexity index is 507. The minimum Gasteiger partial charge on any atom is -0.345 e. The Hall–Kier alpha value is -1.59. The molecule has 0 radical (unpaired) electrons. The molecule has 6 nitrogen and oxygen atoms in total. The summed E-state index contributed by atoms with van der Waals surface area (Å²) in [5.41, 5.74) is -0.370. The van der Waals surface area contributed by atoms with Gasteiger partial charge in [-0.05, 0) is 32.1 Å². The van der Waals surface area contributed by atoms with Crippen molar-refractivity contribution in [2.75, 3.05) is 39.8 Å². The number of hydrogen-bond acceptors (Lipinski definition) is 3. The summed E-state index contributed by atoms with van der Waals surface area (Å²) in [6.07, 6.45) is 6.17. The predicted octanol–water partition coefficient (Wildman–Crippen LogP) is 0.860. The van der Waals surface area contributed by atoms with Crippen LogP contribution in [0.5, 0.6) is 0 Å². The molecule has 3 aliphatic rings. The van der Waals surface area contributed by atoms with Crippen molar-refractivity contribution < 1.29 is 14.4 Å². The van der Waals surface area contributed by atoms with Crippen molar-refractivity contribution in [1.29, 1.82) is 0 Å². The third-order valence-corrected chi connectivity index (χ3v) is 5.65. The lowest BCUT2D eigenvalue weighted by Gasteiger charge is -2.37. The summed E-state index contributed by atoms with van der Waals surface area (Å²) < 4.78 is 0. The zero-order valence-corrected chi connectivity index (χ0v) is 14.1. The van der Waals surface area contributed by atoms with E-state index in [4.69, 9.17) is 0 Å². The second kappa shape index (κ2) is 6.49. The lowest BCUT2D eigenvalue weighted by molar-refractivity contribution is -0.145. The van der Waals surface area contributed by atoms with Crippen molar-refractivity contribution in [2.45, 2.75) is 44.9 Å². The Morgan fingerprint density at radius 1 is 1.04 bits per heavy atom. The first kappa shape index (κ1) is 16.3. The molecule has 128 valence electrons. The van der Waals surface area contributed by atoms with Gasteiger partial charge in [0.05, 0.1) is 12.0 Å². The first-order valence-electron chi connectivity index (χ1n) is 8.83. The quantitative estimate of drug-likeness (QED) is 0.758. The van der Waals surface area contributed by atoms with Crippen LogP contribution in [0.2, 0.25) is 0 Å². The zero-order chi connectivity index (χ0) is 16.4. The van der Waals surface area contributed by atoms with Gasteiger partial charge in [-0.25, -0.2) is 0 Å². The van der Waals surface area contributed by atoms with Crippen LogP contribution in [0, 0.1) is 5.41 Å². The number of amides is 3. The largest absolute Gasteiger partial charge is 0.345 e. The van der Waals surface area contributed by atoms with E-state index in [9.17, 15) is 14.4 Å². The fraction of sp³-hybridized carbons (Fsp3) is 0.824. The Labute approximate surface area is 137 Å². The van der Waals surface area contributed by atoms with Crippen LogP contribution in [0.25, 0.3) is 0 Å². The predicted molar refractivity (Wildman–Crippen MR) is 85.5 cm³/mol. The molecular formula is C17H27N3O3. The van der Waals surface area contributed by atoms with E-state index in [0.29, 0.717) is 26.1 Å². The van der Waals surface area contributed by atoms with Gasteiger partial charge in [-0.1, -0.05) is 6.42 Å². The number of likely N-dealkylation sites (tertiary alicyclic amines) is 3. The van der Waals surface area contributed by atoms with Gasteiger partial charge in [0, 0.05) is 39.6 Å². The fourth-order valence-corrected chi connectivity index (χ4v) is 4.20. The summed E-state index contributed by atoms with van der Waals surface area (Å²) in [5.74, 6) is 0.279. The Morgan fingerprint density at radius 2 is 1.87 bits per heavy atom. The van der Waals surface area contributed by atoms with E-state index in [-0.39, 0.29) is 29.7 Å². The molecule has 0 aromatic carbocycles. The van der Waals surface area contributed by atoms with Gasteiger partial charge in [0.25, 0.3) is 0 Å². The molecular weight excluding hydrogens is 294 g/mol. The van der Waals surface area contributed by atoms with E-state index < -0.39 is 0 Å². The van der Waals surface area contributed by atoms with Gasteiger partial charge >= 0.3 is 0 Å². The SMILES string of the molecule is CN1CCCC2(CCN(C(=O)CN3CCCCCC3=O)C2)C1=O. The smallest absolute Gasteiger partial charge is 0.242 e. The highest BCUT2D eigenvalue weighted by Gasteiger charge is 2.48. The lowest BCUT2D eigenvalue weighted by atomic mass is 9.78. The molecule has 6 heteroatoms. The lowest BCUT2D eigenvalue weighted by Crippen LogP contribution is -2.49. The highest BCUT2D eigenvalue weighted by molar-refractivity contribution is 5.88. The van der Waals surface area contributed by atoms with Crippen molar-refractivity contribution >= 4 is 17.7 Å². The number of carbonyl (C=O) groups excluding carboxylic acids is 3. The maximum atomic E-state index is 12.6. The summed E-state index contributed by atoms with van der Waals surface area (Å²) in [6, 6.07) is 0. The molecule has 1 spiro atoms. The number of piperidine rings is 1. The van der Waals surface area contributed by atoms with E-state index in [2.05, 4.69) is 0 Å². The first-order chi connectivity index (χ1) is 11.0. The molecule has 0 aliphatic carbocycles. The molecule has 1 atom stereocenters. The van der Waals surface area contributed by atoms with Crippen LogP contribution < -0.4 is 0 Å². The molecule has 0 aromatic heterocycles. The van der Waals surface area contributed by atoms with Crippen LogP contribution in [-0.4, -0.2) is 72.2 Å². The van der Waals surface area contributed by atoms with Gasteiger partial charge in [-0.15, -0.1) is 0 Å². The number of nitrogens with zero attached hydrogens (tertiary/aromatic N) is 3. The third-order valence-electron chi connectivity index (χ3n) is 5.65. The maximum absolute atomic E-state index is 12.6. The van der Waals surface area contributed by atoms with E-state index in [1.165, 1.54) is 0 Å². The van der Waals surface area contributed by atoms with Crippen LogP contribution >= 0.6 is 0 Å². The fourth-order valence-electron chi connectivity index (χ4n) is 4.20. The summed E-state index contributed by atoms with van der Waals surface area (Å²) in [4.78, 5) is 42.5.